The lowest BCUT2D eigenvalue weighted by Crippen LogP contribution is -2.28. The molecule has 0 unspecified atom stereocenters. The molecule has 0 aliphatic heterocycles. The van der Waals surface area contributed by atoms with Crippen molar-refractivity contribution in [2.45, 2.75) is 20.8 Å². The van der Waals surface area contributed by atoms with Crippen LogP contribution in [0, 0.1) is 5.41 Å². The summed E-state index contributed by atoms with van der Waals surface area (Å²) in [6, 6.07) is 0. The molecule has 4 nitrogen and oxygen atoms in total. The minimum Gasteiger partial charge on any atom is -0.348 e. The molecule has 0 amide bonds. The van der Waals surface area contributed by atoms with E-state index in [0.717, 1.165) is 11.7 Å². The third-order valence-electron chi connectivity index (χ3n) is 1.33. The van der Waals surface area contributed by atoms with E-state index >= 15 is 0 Å². The van der Waals surface area contributed by atoms with E-state index in [1.165, 1.54) is 11.5 Å². The molecule has 1 heterocycles. The standard InChI is InChI=1S/C7H14N4S/c1-7(2,3)5-11(4)6-8-9-10-12-6/h5H2,1-4H3. The molecule has 0 saturated heterocycles. The maximum Gasteiger partial charge on any atom is 0.227 e. The molecule has 0 aliphatic carbocycles. The topological polar surface area (TPSA) is 41.9 Å². The third kappa shape index (κ3) is 2.73. The molecule has 1 rings (SSSR count). The van der Waals surface area contributed by atoms with E-state index in [1.54, 1.807) is 0 Å². The van der Waals surface area contributed by atoms with Gasteiger partial charge in [-0.05, 0) is 10.6 Å². The zero-order chi connectivity index (χ0) is 9.19. The van der Waals surface area contributed by atoms with E-state index in [9.17, 15) is 0 Å². The average molecular weight is 186 g/mol. The van der Waals surface area contributed by atoms with Gasteiger partial charge in [0.25, 0.3) is 0 Å². The van der Waals surface area contributed by atoms with Gasteiger partial charge in [-0.3, -0.25) is 0 Å². The molecule has 0 N–H and O–H groups in total. The Bertz CT molecular complexity index is 226. The Morgan fingerprint density at radius 3 is 2.50 bits per heavy atom. The van der Waals surface area contributed by atoms with E-state index in [0.29, 0.717) is 0 Å². The second kappa shape index (κ2) is 3.35. The van der Waals surface area contributed by atoms with E-state index in [1.807, 2.05) is 7.05 Å². The first-order chi connectivity index (χ1) is 5.49. The van der Waals surface area contributed by atoms with Crippen LogP contribution in [0.3, 0.4) is 0 Å². The monoisotopic (exact) mass is 186 g/mol. The van der Waals surface area contributed by atoms with E-state index in [-0.39, 0.29) is 5.41 Å². The summed E-state index contributed by atoms with van der Waals surface area (Å²) in [5.74, 6) is 0. The summed E-state index contributed by atoms with van der Waals surface area (Å²) in [4.78, 5) is 2.07. The fourth-order valence-electron chi connectivity index (χ4n) is 1.05. The molecule has 0 aromatic carbocycles. The Labute approximate surface area is 76.8 Å². The molecule has 0 aliphatic rings. The van der Waals surface area contributed by atoms with Crippen LogP contribution in [-0.4, -0.2) is 28.4 Å². The van der Waals surface area contributed by atoms with Crippen molar-refractivity contribution >= 4 is 16.7 Å². The fraction of sp³-hybridized carbons (Fsp3) is 0.857. The molecule has 0 bridgehead atoms. The predicted molar refractivity (Wildman–Crippen MR) is 50.4 cm³/mol. The highest BCUT2D eigenvalue weighted by atomic mass is 32.1. The van der Waals surface area contributed by atoms with Crippen LogP contribution in [0.4, 0.5) is 5.13 Å². The van der Waals surface area contributed by atoms with E-state index in [4.69, 9.17) is 0 Å². The SMILES string of the molecule is CN(CC(C)(C)C)c1nnns1. The molecule has 0 radical (unpaired) electrons. The van der Waals surface area contributed by atoms with Gasteiger partial charge in [-0.15, -0.1) is 0 Å². The van der Waals surface area contributed by atoms with Crippen LogP contribution in [0.2, 0.25) is 0 Å². The van der Waals surface area contributed by atoms with Crippen molar-refractivity contribution in [2.24, 2.45) is 5.41 Å². The highest BCUT2D eigenvalue weighted by Gasteiger charge is 2.15. The molecule has 12 heavy (non-hydrogen) atoms. The molecule has 0 saturated carbocycles. The van der Waals surface area contributed by atoms with Crippen LogP contribution >= 0.6 is 11.5 Å². The lowest BCUT2D eigenvalue weighted by molar-refractivity contribution is 0.418. The molecule has 5 heteroatoms. The van der Waals surface area contributed by atoms with E-state index < -0.39 is 0 Å². The van der Waals surface area contributed by atoms with Gasteiger partial charge in [-0.25, -0.2) is 0 Å². The summed E-state index contributed by atoms with van der Waals surface area (Å²) in [5.41, 5.74) is 0.278. The summed E-state index contributed by atoms with van der Waals surface area (Å²) in [7, 11) is 2.01. The molecular formula is C7H14N4S. The average Bonchev–Trinajstić information content (AvgIpc) is 2.32. The summed E-state index contributed by atoms with van der Waals surface area (Å²) >= 11 is 1.33. The molecule has 0 spiro atoms. The van der Waals surface area contributed by atoms with Gasteiger partial charge in [0.2, 0.25) is 5.13 Å². The first-order valence-electron chi connectivity index (χ1n) is 3.85. The number of hydrogen-bond acceptors (Lipinski definition) is 5. The summed E-state index contributed by atoms with van der Waals surface area (Å²) in [6.07, 6.45) is 0. The smallest absolute Gasteiger partial charge is 0.227 e. The number of anilines is 1. The number of rotatable bonds is 2. The van der Waals surface area contributed by atoms with Gasteiger partial charge in [-0.2, -0.15) is 0 Å². The van der Waals surface area contributed by atoms with Crippen LogP contribution in [-0.2, 0) is 0 Å². The summed E-state index contributed by atoms with van der Waals surface area (Å²) in [6.45, 7) is 7.54. The lowest BCUT2D eigenvalue weighted by atomic mass is 9.96. The van der Waals surface area contributed by atoms with Crippen LogP contribution < -0.4 is 4.90 Å². The summed E-state index contributed by atoms with van der Waals surface area (Å²) in [5, 5.41) is 8.31. The highest BCUT2D eigenvalue weighted by molar-refractivity contribution is 7.09. The Morgan fingerprint density at radius 1 is 1.42 bits per heavy atom. The summed E-state index contributed by atoms with van der Waals surface area (Å²) < 4.78 is 3.71. The predicted octanol–water partition coefficient (Wildman–Crippen LogP) is 1.42. The van der Waals surface area contributed by atoms with Gasteiger partial charge >= 0.3 is 0 Å². The number of aromatic nitrogens is 3. The Morgan fingerprint density at radius 2 is 2.08 bits per heavy atom. The van der Waals surface area contributed by atoms with Crippen molar-refractivity contribution in [1.82, 2.24) is 14.8 Å². The molecular weight excluding hydrogens is 172 g/mol. The Balaban J connectivity index is 2.56. The van der Waals surface area contributed by atoms with Crippen LogP contribution in [0.25, 0.3) is 0 Å². The maximum atomic E-state index is 3.88. The van der Waals surface area contributed by atoms with Gasteiger partial charge in [0.05, 0.1) is 0 Å². The van der Waals surface area contributed by atoms with Crippen molar-refractivity contribution in [2.75, 3.05) is 18.5 Å². The normalized spacial score (nSPS) is 11.7. The molecule has 0 atom stereocenters. The lowest BCUT2D eigenvalue weighted by Gasteiger charge is -2.25. The Hall–Kier alpha value is -0.710. The van der Waals surface area contributed by atoms with Crippen molar-refractivity contribution in [3.8, 4) is 0 Å². The zero-order valence-electron chi connectivity index (χ0n) is 7.90. The number of nitrogens with zero attached hydrogens (tertiary/aromatic N) is 4. The minimum atomic E-state index is 0.278. The van der Waals surface area contributed by atoms with E-state index in [2.05, 4.69) is 40.5 Å². The molecule has 0 fully saturated rings. The van der Waals surface area contributed by atoms with Crippen molar-refractivity contribution in [3.63, 3.8) is 0 Å². The van der Waals surface area contributed by atoms with Gasteiger partial charge < -0.3 is 4.90 Å². The van der Waals surface area contributed by atoms with Crippen LogP contribution in [0.5, 0.6) is 0 Å². The van der Waals surface area contributed by atoms with Crippen molar-refractivity contribution < 1.29 is 0 Å². The molecule has 1 aromatic heterocycles. The largest absolute Gasteiger partial charge is 0.348 e. The van der Waals surface area contributed by atoms with Crippen molar-refractivity contribution in [1.29, 1.82) is 0 Å². The first kappa shape index (κ1) is 9.38. The number of hydrogen-bond donors (Lipinski definition) is 0. The molecule has 68 valence electrons. The third-order valence-corrected chi connectivity index (χ3v) is 2.04. The second-order valence-electron chi connectivity index (χ2n) is 4.06. The van der Waals surface area contributed by atoms with Gasteiger partial charge in [0.15, 0.2) is 0 Å². The van der Waals surface area contributed by atoms with Crippen molar-refractivity contribution in [3.05, 3.63) is 0 Å². The van der Waals surface area contributed by atoms with Gasteiger partial charge in [-0.1, -0.05) is 30.4 Å². The highest BCUT2D eigenvalue weighted by Crippen LogP contribution is 2.19. The molecule has 1 aromatic rings. The first-order valence-corrected chi connectivity index (χ1v) is 4.62. The van der Waals surface area contributed by atoms with Crippen LogP contribution in [0.1, 0.15) is 20.8 Å². The van der Waals surface area contributed by atoms with Gasteiger partial charge in [0.1, 0.15) is 0 Å². The second-order valence-corrected chi connectivity index (χ2v) is 4.77. The zero-order valence-corrected chi connectivity index (χ0v) is 8.72. The van der Waals surface area contributed by atoms with Gasteiger partial charge in [0, 0.05) is 25.1 Å². The Kier molecular flexibility index (Phi) is 2.62. The minimum absolute atomic E-state index is 0.278. The van der Waals surface area contributed by atoms with Crippen LogP contribution in [0.15, 0.2) is 0 Å². The fourth-order valence-corrected chi connectivity index (χ4v) is 1.48. The quantitative estimate of drug-likeness (QED) is 0.700. The maximum absolute atomic E-state index is 3.88.